The van der Waals surface area contributed by atoms with E-state index in [1.807, 2.05) is 24.3 Å². The summed E-state index contributed by atoms with van der Waals surface area (Å²) < 4.78 is 0. The fourth-order valence-electron chi connectivity index (χ4n) is 2.04. The average molecular weight is 252 g/mol. The number of allylic oxidation sites excluding steroid dienone is 4. The van der Waals surface area contributed by atoms with Gasteiger partial charge in [0.15, 0.2) is 0 Å². The van der Waals surface area contributed by atoms with E-state index in [9.17, 15) is 9.59 Å². The van der Waals surface area contributed by atoms with Gasteiger partial charge in [0.25, 0.3) is 0 Å². The van der Waals surface area contributed by atoms with Crippen LogP contribution in [0.2, 0.25) is 0 Å². The maximum atomic E-state index is 10.3. The van der Waals surface area contributed by atoms with Crippen LogP contribution in [0.1, 0.15) is 38.5 Å². The maximum Gasteiger partial charge on any atom is 0.306 e. The molecular formula is C14H20O4. The molecule has 0 spiro atoms. The standard InChI is InChI=1S/2C7H10O2/c2*8-7(9)6-4-2-1-3-5-6/h2*1-2,6H,3-5H2,(H,8,9)/t6-;/m0./s1. The normalized spacial score (nSPS) is 26.0. The van der Waals surface area contributed by atoms with E-state index in [2.05, 4.69) is 0 Å². The quantitative estimate of drug-likeness (QED) is 0.741. The first-order chi connectivity index (χ1) is 8.61. The third kappa shape index (κ3) is 5.17. The molecule has 0 bridgehead atoms. The van der Waals surface area contributed by atoms with E-state index in [-0.39, 0.29) is 11.8 Å². The number of carboxylic acids is 2. The molecule has 2 atom stereocenters. The highest BCUT2D eigenvalue weighted by molar-refractivity contribution is 5.70. The number of carboxylic acid groups (broad SMARTS) is 2. The average Bonchev–Trinajstić information content (AvgIpc) is 2.41. The third-order valence-corrected chi connectivity index (χ3v) is 3.24. The molecule has 0 saturated heterocycles. The molecule has 0 aliphatic heterocycles. The van der Waals surface area contributed by atoms with E-state index in [4.69, 9.17) is 10.2 Å². The Morgan fingerprint density at radius 2 is 1.17 bits per heavy atom. The van der Waals surface area contributed by atoms with Crippen LogP contribution in [0.15, 0.2) is 24.3 Å². The van der Waals surface area contributed by atoms with Crippen LogP contribution in [0.25, 0.3) is 0 Å². The Balaban J connectivity index is 0.000000180. The predicted octanol–water partition coefficient (Wildman–Crippen LogP) is 2.85. The van der Waals surface area contributed by atoms with Crippen molar-refractivity contribution in [1.29, 1.82) is 0 Å². The highest BCUT2D eigenvalue weighted by Crippen LogP contribution is 2.18. The molecule has 0 fully saturated rings. The first-order valence-corrected chi connectivity index (χ1v) is 6.37. The summed E-state index contributed by atoms with van der Waals surface area (Å²) in [5, 5.41) is 17.0. The number of hydrogen-bond acceptors (Lipinski definition) is 2. The molecule has 2 aliphatic carbocycles. The van der Waals surface area contributed by atoms with Crippen molar-refractivity contribution in [3.8, 4) is 0 Å². The van der Waals surface area contributed by atoms with E-state index in [1.165, 1.54) is 0 Å². The topological polar surface area (TPSA) is 74.6 Å². The number of rotatable bonds is 2. The van der Waals surface area contributed by atoms with Crippen molar-refractivity contribution in [3.05, 3.63) is 24.3 Å². The van der Waals surface area contributed by atoms with Gasteiger partial charge in [0.2, 0.25) is 0 Å². The highest BCUT2D eigenvalue weighted by Gasteiger charge is 2.17. The summed E-state index contributed by atoms with van der Waals surface area (Å²) in [6.07, 6.45) is 12.9. The van der Waals surface area contributed by atoms with Crippen molar-refractivity contribution in [1.82, 2.24) is 0 Å². The Labute approximate surface area is 107 Å². The SMILES string of the molecule is O=C(O)C1CC=CCC1.O=C(O)[C@H]1CC=CCC1. The first kappa shape index (κ1) is 14.5. The van der Waals surface area contributed by atoms with Crippen molar-refractivity contribution >= 4 is 11.9 Å². The summed E-state index contributed by atoms with van der Waals surface area (Å²) in [5.74, 6) is -1.54. The van der Waals surface area contributed by atoms with Gasteiger partial charge in [0.05, 0.1) is 11.8 Å². The van der Waals surface area contributed by atoms with Gasteiger partial charge in [0, 0.05) is 0 Å². The van der Waals surface area contributed by atoms with E-state index < -0.39 is 11.9 Å². The minimum Gasteiger partial charge on any atom is -0.481 e. The minimum atomic E-state index is -0.653. The Hall–Kier alpha value is -1.58. The molecule has 0 aromatic heterocycles. The lowest BCUT2D eigenvalue weighted by Crippen LogP contribution is -2.13. The van der Waals surface area contributed by atoms with Crippen LogP contribution < -0.4 is 0 Å². The smallest absolute Gasteiger partial charge is 0.306 e. The Morgan fingerprint density at radius 1 is 0.778 bits per heavy atom. The van der Waals surface area contributed by atoms with Crippen molar-refractivity contribution in [3.63, 3.8) is 0 Å². The van der Waals surface area contributed by atoms with Gasteiger partial charge in [0.1, 0.15) is 0 Å². The van der Waals surface area contributed by atoms with Gasteiger partial charge in [-0.05, 0) is 38.5 Å². The summed E-state index contributed by atoms with van der Waals surface area (Å²) in [4.78, 5) is 20.6. The zero-order valence-electron chi connectivity index (χ0n) is 10.4. The van der Waals surface area contributed by atoms with Crippen LogP contribution in [0.3, 0.4) is 0 Å². The molecule has 0 aromatic rings. The Bertz CT molecular complexity index is 310. The van der Waals surface area contributed by atoms with Crippen molar-refractivity contribution in [2.45, 2.75) is 38.5 Å². The van der Waals surface area contributed by atoms with Crippen LogP contribution in [-0.4, -0.2) is 22.2 Å². The monoisotopic (exact) mass is 252 g/mol. The molecule has 2 rings (SSSR count). The summed E-state index contributed by atoms with van der Waals surface area (Å²) in [6.45, 7) is 0. The largest absolute Gasteiger partial charge is 0.481 e. The van der Waals surface area contributed by atoms with Gasteiger partial charge in [-0.2, -0.15) is 0 Å². The van der Waals surface area contributed by atoms with E-state index >= 15 is 0 Å². The van der Waals surface area contributed by atoms with Crippen LogP contribution >= 0.6 is 0 Å². The molecule has 0 aromatic carbocycles. The number of hydrogen-bond donors (Lipinski definition) is 2. The molecule has 18 heavy (non-hydrogen) atoms. The Kier molecular flexibility index (Phi) is 6.19. The lowest BCUT2D eigenvalue weighted by atomic mass is 9.95. The zero-order valence-corrected chi connectivity index (χ0v) is 10.4. The lowest BCUT2D eigenvalue weighted by molar-refractivity contribution is -0.142. The van der Waals surface area contributed by atoms with Crippen molar-refractivity contribution in [2.75, 3.05) is 0 Å². The fraction of sp³-hybridized carbons (Fsp3) is 0.571. The second-order valence-electron chi connectivity index (χ2n) is 4.64. The van der Waals surface area contributed by atoms with E-state index in [0.717, 1.165) is 38.5 Å². The second-order valence-corrected chi connectivity index (χ2v) is 4.64. The van der Waals surface area contributed by atoms with Gasteiger partial charge in [-0.1, -0.05) is 24.3 Å². The van der Waals surface area contributed by atoms with Crippen LogP contribution in [0.4, 0.5) is 0 Å². The molecule has 2 aliphatic rings. The summed E-state index contributed by atoms with van der Waals surface area (Å²) in [5.41, 5.74) is 0. The maximum absolute atomic E-state index is 10.3. The summed E-state index contributed by atoms with van der Waals surface area (Å²) >= 11 is 0. The molecule has 4 nitrogen and oxygen atoms in total. The van der Waals surface area contributed by atoms with Gasteiger partial charge in [-0.15, -0.1) is 0 Å². The van der Waals surface area contributed by atoms with E-state index in [1.54, 1.807) is 0 Å². The van der Waals surface area contributed by atoms with Gasteiger partial charge < -0.3 is 10.2 Å². The molecule has 100 valence electrons. The third-order valence-electron chi connectivity index (χ3n) is 3.24. The molecule has 4 heteroatoms. The molecule has 0 radical (unpaired) electrons. The number of carbonyl (C=O) groups is 2. The molecule has 1 unspecified atom stereocenters. The van der Waals surface area contributed by atoms with Crippen LogP contribution in [-0.2, 0) is 9.59 Å². The van der Waals surface area contributed by atoms with Gasteiger partial charge in [-0.25, -0.2) is 0 Å². The predicted molar refractivity (Wildman–Crippen MR) is 68.2 cm³/mol. The molecular weight excluding hydrogens is 232 g/mol. The van der Waals surface area contributed by atoms with Crippen molar-refractivity contribution in [2.24, 2.45) is 11.8 Å². The Morgan fingerprint density at radius 3 is 1.33 bits per heavy atom. The first-order valence-electron chi connectivity index (χ1n) is 6.37. The molecule has 0 heterocycles. The summed E-state index contributed by atoms with van der Waals surface area (Å²) in [6, 6.07) is 0. The minimum absolute atomic E-state index is 0.116. The van der Waals surface area contributed by atoms with Crippen LogP contribution in [0.5, 0.6) is 0 Å². The molecule has 2 N–H and O–H groups in total. The van der Waals surface area contributed by atoms with Gasteiger partial charge >= 0.3 is 11.9 Å². The highest BCUT2D eigenvalue weighted by atomic mass is 16.4. The summed E-state index contributed by atoms with van der Waals surface area (Å²) in [7, 11) is 0. The second kappa shape index (κ2) is 7.69. The fourth-order valence-corrected chi connectivity index (χ4v) is 2.04. The lowest BCUT2D eigenvalue weighted by Gasteiger charge is -2.11. The molecule has 0 amide bonds. The van der Waals surface area contributed by atoms with Crippen LogP contribution in [0, 0.1) is 11.8 Å². The molecule has 0 saturated carbocycles. The van der Waals surface area contributed by atoms with E-state index in [0.29, 0.717) is 0 Å². The number of aliphatic carboxylic acids is 2. The van der Waals surface area contributed by atoms with Crippen molar-refractivity contribution < 1.29 is 19.8 Å². The zero-order chi connectivity index (χ0) is 13.4. The van der Waals surface area contributed by atoms with Gasteiger partial charge in [-0.3, -0.25) is 9.59 Å².